The minimum Gasteiger partial charge on any atom is -0.489 e. The topological polar surface area (TPSA) is 51.2 Å². The first-order valence-corrected chi connectivity index (χ1v) is 8.56. The van der Waals surface area contributed by atoms with Crippen molar-refractivity contribution in [2.45, 2.75) is 13.5 Å². The number of nitrogens with one attached hydrogen (secondary N) is 1. The lowest BCUT2D eigenvalue weighted by molar-refractivity contribution is 0.103. The van der Waals surface area contributed by atoms with Gasteiger partial charge in [0.05, 0.1) is 4.88 Å². The number of halogens is 1. The summed E-state index contributed by atoms with van der Waals surface area (Å²) in [5.74, 6) is 1.14. The highest BCUT2D eigenvalue weighted by atomic mass is 35.5. The molecule has 24 heavy (non-hydrogen) atoms. The highest BCUT2D eigenvalue weighted by molar-refractivity contribution is 7.12. The van der Waals surface area contributed by atoms with Crippen LogP contribution in [-0.2, 0) is 6.61 Å². The number of nitrogens with zero attached hydrogens (tertiary/aromatic N) is 1. The van der Waals surface area contributed by atoms with Crippen molar-refractivity contribution in [3.63, 3.8) is 0 Å². The number of hydrogen-bond acceptors (Lipinski definition) is 4. The molecule has 0 saturated heterocycles. The molecule has 0 spiro atoms. The van der Waals surface area contributed by atoms with Crippen molar-refractivity contribution in [2.24, 2.45) is 0 Å². The van der Waals surface area contributed by atoms with E-state index in [0.717, 1.165) is 16.9 Å². The van der Waals surface area contributed by atoms with Gasteiger partial charge in [-0.05, 0) is 54.3 Å². The van der Waals surface area contributed by atoms with Crippen molar-refractivity contribution in [1.29, 1.82) is 0 Å². The Morgan fingerprint density at radius 2 is 2.17 bits per heavy atom. The summed E-state index contributed by atoms with van der Waals surface area (Å²) in [7, 11) is 0. The third kappa shape index (κ3) is 4.13. The highest BCUT2D eigenvalue weighted by Gasteiger charge is 2.10. The van der Waals surface area contributed by atoms with E-state index in [1.807, 2.05) is 36.6 Å². The number of amides is 1. The number of pyridine rings is 1. The first-order chi connectivity index (χ1) is 11.6. The van der Waals surface area contributed by atoms with Crippen molar-refractivity contribution >= 4 is 34.7 Å². The minimum atomic E-state index is -0.173. The molecule has 0 aliphatic carbocycles. The Labute approximate surface area is 149 Å². The van der Waals surface area contributed by atoms with Gasteiger partial charge in [0, 0.05) is 16.8 Å². The fourth-order valence-corrected chi connectivity index (χ4v) is 3.14. The van der Waals surface area contributed by atoms with Gasteiger partial charge in [-0.15, -0.1) is 11.3 Å². The molecule has 2 aromatic heterocycles. The van der Waals surface area contributed by atoms with Gasteiger partial charge in [-0.3, -0.25) is 4.79 Å². The Morgan fingerprint density at radius 1 is 1.29 bits per heavy atom. The Hall–Kier alpha value is -2.37. The van der Waals surface area contributed by atoms with Crippen molar-refractivity contribution in [3.8, 4) is 5.75 Å². The average molecular weight is 359 g/mol. The van der Waals surface area contributed by atoms with Gasteiger partial charge in [-0.1, -0.05) is 17.7 Å². The number of carbonyl (C=O) groups is 1. The van der Waals surface area contributed by atoms with E-state index in [0.29, 0.717) is 22.3 Å². The maximum absolute atomic E-state index is 12.2. The van der Waals surface area contributed by atoms with Crippen LogP contribution < -0.4 is 10.1 Å². The molecule has 0 fully saturated rings. The molecule has 0 atom stereocenters. The van der Waals surface area contributed by atoms with E-state index >= 15 is 0 Å². The Bertz CT molecular complexity index is 849. The molecule has 3 rings (SSSR count). The number of benzene rings is 1. The normalized spacial score (nSPS) is 10.4. The van der Waals surface area contributed by atoms with Crippen LogP contribution in [0.5, 0.6) is 5.75 Å². The van der Waals surface area contributed by atoms with E-state index in [9.17, 15) is 4.79 Å². The lowest BCUT2D eigenvalue weighted by Gasteiger charge is -2.08. The van der Waals surface area contributed by atoms with Crippen LogP contribution in [0.4, 0.5) is 5.82 Å². The largest absolute Gasteiger partial charge is 0.489 e. The maximum atomic E-state index is 12.2. The van der Waals surface area contributed by atoms with E-state index in [1.165, 1.54) is 11.3 Å². The lowest BCUT2D eigenvalue weighted by Crippen LogP contribution is -2.11. The fourth-order valence-electron chi connectivity index (χ4n) is 2.12. The number of hydrogen-bond donors (Lipinski definition) is 1. The van der Waals surface area contributed by atoms with E-state index in [4.69, 9.17) is 16.3 Å². The molecule has 6 heteroatoms. The third-order valence-corrected chi connectivity index (χ3v) is 4.53. The zero-order valence-corrected chi connectivity index (χ0v) is 14.5. The SMILES string of the molecule is Cc1cc(Cl)ccc1OCc1csc(C(=O)Nc2ccccn2)c1. The quantitative estimate of drug-likeness (QED) is 0.703. The van der Waals surface area contributed by atoms with Crippen molar-refractivity contribution in [3.05, 3.63) is 75.1 Å². The van der Waals surface area contributed by atoms with Gasteiger partial charge >= 0.3 is 0 Å². The van der Waals surface area contributed by atoms with Crippen LogP contribution >= 0.6 is 22.9 Å². The molecule has 0 unspecified atom stereocenters. The smallest absolute Gasteiger partial charge is 0.266 e. The van der Waals surface area contributed by atoms with Crippen LogP contribution in [0.25, 0.3) is 0 Å². The standard InChI is InChI=1S/C18H15ClN2O2S/c1-12-8-14(19)5-6-15(12)23-10-13-9-16(24-11-13)18(22)21-17-4-2-3-7-20-17/h2-9,11H,10H2,1H3,(H,20,21,22). The number of carbonyl (C=O) groups excluding carboxylic acids is 1. The van der Waals surface area contributed by atoms with E-state index < -0.39 is 0 Å². The van der Waals surface area contributed by atoms with Crippen molar-refractivity contribution < 1.29 is 9.53 Å². The van der Waals surface area contributed by atoms with Crippen LogP contribution in [0.3, 0.4) is 0 Å². The summed E-state index contributed by atoms with van der Waals surface area (Å²) in [6.45, 7) is 2.34. The van der Waals surface area contributed by atoms with Gasteiger partial charge in [0.1, 0.15) is 18.2 Å². The molecule has 4 nitrogen and oxygen atoms in total. The monoisotopic (exact) mass is 358 g/mol. The van der Waals surface area contributed by atoms with Gasteiger partial charge in [-0.25, -0.2) is 4.98 Å². The van der Waals surface area contributed by atoms with Gasteiger partial charge in [0.25, 0.3) is 5.91 Å². The average Bonchev–Trinajstić information content (AvgIpc) is 3.04. The van der Waals surface area contributed by atoms with Crippen molar-refractivity contribution in [1.82, 2.24) is 4.98 Å². The minimum absolute atomic E-state index is 0.173. The second-order valence-electron chi connectivity index (χ2n) is 5.19. The Kier molecular flexibility index (Phi) is 5.13. The zero-order chi connectivity index (χ0) is 16.9. The Balaban J connectivity index is 1.62. The first kappa shape index (κ1) is 16.5. The number of thiophene rings is 1. The molecule has 0 bridgehead atoms. The van der Waals surface area contributed by atoms with Crippen molar-refractivity contribution in [2.75, 3.05) is 5.32 Å². The summed E-state index contributed by atoms with van der Waals surface area (Å²) in [5, 5.41) is 5.36. The number of aromatic nitrogens is 1. The molecule has 0 aliphatic rings. The Morgan fingerprint density at radius 3 is 2.92 bits per heavy atom. The summed E-state index contributed by atoms with van der Waals surface area (Å²) in [6.07, 6.45) is 1.64. The molecule has 1 amide bonds. The van der Waals surface area contributed by atoms with Gasteiger partial charge < -0.3 is 10.1 Å². The molecular weight excluding hydrogens is 344 g/mol. The van der Waals surface area contributed by atoms with Crippen LogP contribution in [0.2, 0.25) is 5.02 Å². The number of anilines is 1. The molecule has 1 aromatic carbocycles. The second-order valence-corrected chi connectivity index (χ2v) is 6.53. The summed E-state index contributed by atoms with van der Waals surface area (Å²) >= 11 is 7.31. The van der Waals surface area contributed by atoms with Crippen LogP contribution in [0.15, 0.2) is 54.0 Å². The van der Waals surface area contributed by atoms with Crippen LogP contribution in [0, 0.1) is 6.92 Å². The number of ether oxygens (including phenoxy) is 1. The molecule has 1 N–H and O–H groups in total. The predicted molar refractivity (Wildman–Crippen MR) is 97.0 cm³/mol. The lowest BCUT2D eigenvalue weighted by atomic mass is 10.2. The highest BCUT2D eigenvalue weighted by Crippen LogP contribution is 2.24. The molecule has 122 valence electrons. The van der Waals surface area contributed by atoms with Gasteiger partial charge in [-0.2, -0.15) is 0 Å². The first-order valence-electron chi connectivity index (χ1n) is 7.30. The third-order valence-electron chi connectivity index (χ3n) is 3.32. The predicted octanol–water partition coefficient (Wildman–Crippen LogP) is 4.94. The molecule has 0 aliphatic heterocycles. The molecule has 0 saturated carbocycles. The van der Waals surface area contributed by atoms with E-state index in [2.05, 4.69) is 10.3 Å². The van der Waals surface area contributed by atoms with Gasteiger partial charge in [0.2, 0.25) is 0 Å². The van der Waals surface area contributed by atoms with Gasteiger partial charge in [0.15, 0.2) is 0 Å². The summed E-state index contributed by atoms with van der Waals surface area (Å²) in [5.41, 5.74) is 1.92. The molecular formula is C18H15ClN2O2S. The molecule has 3 aromatic rings. The molecule has 2 heterocycles. The number of aryl methyl sites for hydroxylation is 1. The second kappa shape index (κ2) is 7.47. The maximum Gasteiger partial charge on any atom is 0.266 e. The van der Waals surface area contributed by atoms with Crippen LogP contribution in [-0.4, -0.2) is 10.9 Å². The van der Waals surface area contributed by atoms with Crippen LogP contribution in [0.1, 0.15) is 20.8 Å². The molecule has 0 radical (unpaired) electrons. The summed E-state index contributed by atoms with van der Waals surface area (Å²) in [6, 6.07) is 12.7. The zero-order valence-electron chi connectivity index (χ0n) is 13.0. The summed E-state index contributed by atoms with van der Waals surface area (Å²) < 4.78 is 5.79. The van der Waals surface area contributed by atoms with E-state index in [1.54, 1.807) is 24.4 Å². The summed E-state index contributed by atoms with van der Waals surface area (Å²) in [4.78, 5) is 16.9. The number of rotatable bonds is 5. The fraction of sp³-hybridized carbons (Fsp3) is 0.111. The van der Waals surface area contributed by atoms with E-state index in [-0.39, 0.29) is 5.91 Å².